The molecule has 30 heavy (non-hydrogen) atoms. The van der Waals surface area contributed by atoms with Gasteiger partial charge in [0.15, 0.2) is 0 Å². The molecule has 0 unspecified atom stereocenters. The Hall–Kier alpha value is -3.09. The Labute approximate surface area is 177 Å². The van der Waals surface area contributed by atoms with E-state index >= 15 is 0 Å². The number of pyridine rings is 1. The Balaban J connectivity index is 1.40. The molecule has 0 saturated carbocycles. The number of piperazine rings is 1. The smallest absolute Gasteiger partial charge is 0.414 e. The van der Waals surface area contributed by atoms with Crippen LogP contribution in [0.15, 0.2) is 30.3 Å². The van der Waals surface area contributed by atoms with E-state index in [1.54, 1.807) is 17.0 Å². The summed E-state index contributed by atoms with van der Waals surface area (Å²) in [4.78, 5) is 35.3. The minimum atomic E-state index is -0.340. The molecule has 3 heterocycles. The maximum absolute atomic E-state index is 12.9. The Bertz CT molecular complexity index is 965. The Kier molecular flexibility index (Phi) is 5.37. The van der Waals surface area contributed by atoms with E-state index in [-0.39, 0.29) is 18.1 Å². The normalized spacial score (nSPS) is 19.3. The number of aryl methyl sites for hydroxylation is 3. The van der Waals surface area contributed by atoms with Crippen LogP contribution in [0.25, 0.3) is 0 Å². The van der Waals surface area contributed by atoms with E-state index in [4.69, 9.17) is 9.72 Å². The molecule has 0 bridgehead atoms. The van der Waals surface area contributed by atoms with Gasteiger partial charge in [-0.15, -0.1) is 0 Å². The van der Waals surface area contributed by atoms with Gasteiger partial charge in [0.25, 0.3) is 5.91 Å². The first-order valence-corrected chi connectivity index (χ1v) is 10.4. The molecule has 1 aromatic carbocycles. The maximum Gasteiger partial charge on any atom is 0.414 e. The third-order valence-electron chi connectivity index (χ3n) is 5.88. The lowest BCUT2D eigenvalue weighted by molar-refractivity contribution is 0.0746. The van der Waals surface area contributed by atoms with Gasteiger partial charge in [-0.25, -0.2) is 9.78 Å². The van der Waals surface area contributed by atoms with Crippen LogP contribution in [0.4, 0.5) is 16.3 Å². The summed E-state index contributed by atoms with van der Waals surface area (Å²) in [6, 6.07) is 9.37. The highest BCUT2D eigenvalue weighted by molar-refractivity contribution is 5.96. The van der Waals surface area contributed by atoms with Crippen molar-refractivity contribution in [1.82, 2.24) is 9.88 Å². The summed E-state index contributed by atoms with van der Waals surface area (Å²) < 4.78 is 5.17. The highest BCUT2D eigenvalue weighted by atomic mass is 16.6. The number of rotatable bonds is 3. The molecular formula is C23H28N4O3. The Morgan fingerprint density at radius 2 is 1.70 bits per heavy atom. The quantitative estimate of drug-likeness (QED) is 0.780. The van der Waals surface area contributed by atoms with Crippen LogP contribution in [0.5, 0.6) is 0 Å². The highest BCUT2D eigenvalue weighted by Crippen LogP contribution is 2.24. The zero-order chi connectivity index (χ0) is 21.4. The van der Waals surface area contributed by atoms with Gasteiger partial charge in [-0.3, -0.25) is 9.69 Å². The van der Waals surface area contributed by atoms with Crippen molar-refractivity contribution >= 4 is 23.5 Å². The van der Waals surface area contributed by atoms with E-state index in [1.807, 2.05) is 30.9 Å². The van der Waals surface area contributed by atoms with Crippen LogP contribution in [0.2, 0.25) is 0 Å². The zero-order valence-corrected chi connectivity index (χ0v) is 18.0. The van der Waals surface area contributed by atoms with Crippen molar-refractivity contribution < 1.29 is 14.3 Å². The molecule has 0 spiro atoms. The molecule has 0 radical (unpaired) electrons. The summed E-state index contributed by atoms with van der Waals surface area (Å²) in [5, 5.41) is 0. The number of carbonyl (C=O) groups is 2. The summed E-state index contributed by atoms with van der Waals surface area (Å²) in [6.07, 6.45) is -0.460. The molecule has 0 N–H and O–H groups in total. The molecule has 0 aliphatic carbocycles. The Morgan fingerprint density at radius 1 is 1.03 bits per heavy atom. The predicted octanol–water partition coefficient (Wildman–Crippen LogP) is 3.31. The number of amides is 2. The molecule has 2 saturated heterocycles. The van der Waals surface area contributed by atoms with Crippen LogP contribution in [-0.4, -0.2) is 60.7 Å². The van der Waals surface area contributed by atoms with Crippen molar-refractivity contribution in [3.63, 3.8) is 0 Å². The number of nitrogens with zero attached hydrogens (tertiary/aromatic N) is 4. The molecule has 158 valence electrons. The fraction of sp³-hybridized carbons (Fsp3) is 0.435. The number of hydrogen-bond donors (Lipinski definition) is 0. The number of cyclic esters (lactones) is 1. The Morgan fingerprint density at radius 3 is 2.30 bits per heavy atom. The lowest BCUT2D eigenvalue weighted by Crippen LogP contribution is -2.49. The van der Waals surface area contributed by atoms with Crippen molar-refractivity contribution in [2.24, 2.45) is 0 Å². The molecule has 2 amide bonds. The molecule has 7 nitrogen and oxygen atoms in total. The van der Waals surface area contributed by atoms with Crippen molar-refractivity contribution in [1.29, 1.82) is 0 Å². The van der Waals surface area contributed by atoms with Crippen molar-refractivity contribution in [3.8, 4) is 0 Å². The molecule has 1 aromatic heterocycles. The van der Waals surface area contributed by atoms with Gasteiger partial charge < -0.3 is 14.5 Å². The summed E-state index contributed by atoms with van der Waals surface area (Å²) >= 11 is 0. The molecule has 2 aromatic rings. The first kappa shape index (κ1) is 20.2. The van der Waals surface area contributed by atoms with E-state index in [1.165, 1.54) is 11.1 Å². The number of ether oxygens (including phenoxy) is 1. The van der Waals surface area contributed by atoms with Crippen LogP contribution in [0.3, 0.4) is 0 Å². The topological polar surface area (TPSA) is 66.0 Å². The first-order valence-electron chi connectivity index (χ1n) is 10.4. The van der Waals surface area contributed by atoms with Gasteiger partial charge in [0.1, 0.15) is 11.9 Å². The van der Waals surface area contributed by atoms with E-state index in [2.05, 4.69) is 24.8 Å². The number of anilines is 2. The third-order valence-corrected chi connectivity index (χ3v) is 5.88. The second-order valence-corrected chi connectivity index (χ2v) is 8.16. The van der Waals surface area contributed by atoms with Gasteiger partial charge in [-0.1, -0.05) is 6.07 Å². The van der Waals surface area contributed by atoms with Crippen LogP contribution in [-0.2, 0) is 4.74 Å². The van der Waals surface area contributed by atoms with Crippen molar-refractivity contribution in [2.45, 2.75) is 33.8 Å². The maximum atomic E-state index is 12.9. The van der Waals surface area contributed by atoms with E-state index in [9.17, 15) is 9.59 Å². The molecule has 7 heteroatoms. The molecule has 2 fully saturated rings. The number of aromatic nitrogens is 1. The van der Waals surface area contributed by atoms with Gasteiger partial charge in [0.2, 0.25) is 0 Å². The monoisotopic (exact) mass is 408 g/mol. The number of benzene rings is 1. The average molecular weight is 409 g/mol. The largest absolute Gasteiger partial charge is 0.444 e. The third kappa shape index (κ3) is 3.84. The fourth-order valence-corrected chi connectivity index (χ4v) is 4.05. The summed E-state index contributed by atoms with van der Waals surface area (Å²) in [7, 11) is 0. The predicted molar refractivity (Wildman–Crippen MR) is 116 cm³/mol. The second-order valence-electron chi connectivity index (χ2n) is 8.16. The lowest BCUT2D eigenvalue weighted by atomic mass is 10.1. The average Bonchev–Trinajstić information content (AvgIpc) is 3.08. The van der Waals surface area contributed by atoms with Crippen LogP contribution in [0, 0.1) is 20.8 Å². The van der Waals surface area contributed by atoms with Gasteiger partial charge in [0, 0.05) is 43.1 Å². The zero-order valence-electron chi connectivity index (χ0n) is 18.0. The minimum absolute atomic E-state index is 0.0170. The van der Waals surface area contributed by atoms with E-state index in [0.717, 1.165) is 30.3 Å². The standard InChI is InChI=1S/C23H28N4O3/c1-15-13-16(2)21(24-18(15)4)25-9-11-26(12-10-25)22(28)19-5-7-20(8-6-19)27-14-17(3)30-23(27)29/h5-8,13,17H,9-12,14H2,1-4H3/t17-/m0/s1. The molecule has 2 aliphatic heterocycles. The molecule has 2 aliphatic rings. The minimum Gasteiger partial charge on any atom is -0.444 e. The van der Waals surface area contributed by atoms with E-state index < -0.39 is 0 Å². The van der Waals surface area contributed by atoms with E-state index in [0.29, 0.717) is 25.2 Å². The van der Waals surface area contributed by atoms with Crippen molar-refractivity contribution in [2.75, 3.05) is 42.5 Å². The SMILES string of the molecule is Cc1cc(C)c(N2CCN(C(=O)c3ccc(N4C[C@H](C)OC4=O)cc3)CC2)nc1C. The van der Waals surface area contributed by atoms with Gasteiger partial charge >= 0.3 is 6.09 Å². The second kappa shape index (κ2) is 7.97. The molecule has 1 atom stereocenters. The first-order chi connectivity index (χ1) is 14.3. The summed E-state index contributed by atoms with van der Waals surface area (Å²) in [5.41, 5.74) is 4.80. The summed E-state index contributed by atoms with van der Waals surface area (Å²) in [5.74, 6) is 1.03. The highest BCUT2D eigenvalue weighted by Gasteiger charge is 2.30. The number of hydrogen-bond acceptors (Lipinski definition) is 5. The van der Waals surface area contributed by atoms with Crippen LogP contribution in [0.1, 0.15) is 34.1 Å². The van der Waals surface area contributed by atoms with Gasteiger partial charge in [-0.2, -0.15) is 0 Å². The van der Waals surface area contributed by atoms with Crippen LogP contribution < -0.4 is 9.80 Å². The van der Waals surface area contributed by atoms with Gasteiger partial charge in [-0.05, 0) is 63.1 Å². The summed E-state index contributed by atoms with van der Waals surface area (Å²) in [6.45, 7) is 11.4. The molecular weight excluding hydrogens is 380 g/mol. The fourth-order valence-electron chi connectivity index (χ4n) is 4.05. The van der Waals surface area contributed by atoms with Crippen LogP contribution >= 0.6 is 0 Å². The number of carbonyl (C=O) groups excluding carboxylic acids is 2. The molecule has 4 rings (SSSR count). The van der Waals surface area contributed by atoms with Gasteiger partial charge in [0.05, 0.1) is 6.54 Å². The lowest BCUT2D eigenvalue weighted by Gasteiger charge is -2.36. The van der Waals surface area contributed by atoms with Crippen molar-refractivity contribution in [3.05, 3.63) is 52.7 Å².